The van der Waals surface area contributed by atoms with Crippen LogP contribution in [0.3, 0.4) is 0 Å². The Morgan fingerprint density at radius 3 is 2.05 bits per heavy atom. The number of para-hydroxylation sites is 2. The van der Waals surface area contributed by atoms with Crippen molar-refractivity contribution in [1.29, 1.82) is 0 Å². The predicted molar refractivity (Wildman–Crippen MR) is 243 cm³/mol. The number of esters is 1. The van der Waals surface area contributed by atoms with Gasteiger partial charge >= 0.3 is 11.9 Å². The van der Waals surface area contributed by atoms with Crippen LogP contribution >= 0.6 is 92.6 Å². The largest absolute Gasteiger partial charge is 0.477 e. The molecule has 0 saturated carbocycles. The molecule has 0 aliphatic carbocycles. The van der Waals surface area contributed by atoms with E-state index in [2.05, 4.69) is 26.0 Å². The number of nitro groups is 2. The zero-order chi connectivity index (χ0) is 43.8. The van der Waals surface area contributed by atoms with Crippen molar-refractivity contribution in [2.75, 3.05) is 10.9 Å². The first-order valence-electron chi connectivity index (χ1n) is 17.6. The highest BCUT2D eigenvalue weighted by Crippen LogP contribution is 2.54. The Balaban J connectivity index is 1.12. The first kappa shape index (κ1) is 43.3. The minimum atomic E-state index is -1.43. The summed E-state index contributed by atoms with van der Waals surface area (Å²) in [6.07, 6.45) is -0.697. The molecule has 6 aromatic rings. The maximum absolute atomic E-state index is 14.3. The van der Waals surface area contributed by atoms with Gasteiger partial charge in [0.25, 0.3) is 11.4 Å². The number of hydrogen-bond acceptors (Lipinski definition) is 17. The molecule has 4 heterocycles. The van der Waals surface area contributed by atoms with Crippen molar-refractivity contribution in [3.63, 3.8) is 0 Å². The average molecular weight is 989 g/mol. The summed E-state index contributed by atoms with van der Waals surface area (Å²) in [5.41, 5.74) is 5.84. The number of hydrogen-bond donors (Lipinski definition) is 3. The van der Waals surface area contributed by atoms with Crippen LogP contribution < -0.4 is 10.9 Å². The third-order valence-corrected chi connectivity index (χ3v) is 15.3. The van der Waals surface area contributed by atoms with Gasteiger partial charge in [-0.3, -0.25) is 31.1 Å². The van der Waals surface area contributed by atoms with E-state index in [1.165, 1.54) is 59.5 Å². The highest BCUT2D eigenvalue weighted by molar-refractivity contribution is 7.99. The van der Waals surface area contributed by atoms with Crippen LogP contribution in [0.15, 0.2) is 92.8 Å². The summed E-state index contributed by atoms with van der Waals surface area (Å²) in [4.78, 5) is 60.9. The second kappa shape index (κ2) is 18.2. The van der Waals surface area contributed by atoms with E-state index >= 15 is 0 Å². The number of carboxylic acids is 1. The monoisotopic (exact) mass is 986 g/mol. The van der Waals surface area contributed by atoms with E-state index in [0.29, 0.717) is 47.7 Å². The molecule has 0 radical (unpaired) electrons. The number of thioether (sulfide) groups is 2. The number of hydrazone groups is 2. The number of fused-ring (bicyclic) bond motifs is 6. The Labute approximate surface area is 385 Å². The number of carbonyl (C=O) groups excluding carboxylic acids is 1. The third-order valence-electron chi connectivity index (χ3n) is 9.09. The smallest absolute Gasteiger partial charge is 0.356 e. The van der Waals surface area contributed by atoms with Crippen LogP contribution in [0.25, 0.3) is 22.5 Å². The van der Waals surface area contributed by atoms with Crippen molar-refractivity contribution in [3.8, 4) is 22.5 Å². The first-order chi connectivity index (χ1) is 29.7. The lowest BCUT2D eigenvalue weighted by molar-refractivity contribution is -0.385. The van der Waals surface area contributed by atoms with E-state index in [-0.39, 0.29) is 56.2 Å². The number of carboxylic acid groups (broad SMARTS) is 1. The molecule has 0 fully saturated rings. The molecule has 24 heteroatoms. The number of ether oxygens (including phenoxy) is 1. The number of aromatic nitrogens is 2. The molecule has 0 bridgehead atoms. The highest BCUT2D eigenvalue weighted by atomic mass is 35.5. The summed E-state index contributed by atoms with van der Waals surface area (Å²) in [5, 5.41) is 43.6. The highest BCUT2D eigenvalue weighted by Gasteiger charge is 2.35. The number of carbonyl (C=O) groups is 2. The molecule has 1 atom stereocenters. The van der Waals surface area contributed by atoms with Gasteiger partial charge in [0.1, 0.15) is 5.71 Å². The summed E-state index contributed by atoms with van der Waals surface area (Å²) < 4.78 is 6.12. The van der Waals surface area contributed by atoms with Crippen LogP contribution in [0.5, 0.6) is 0 Å². The first-order valence-corrected chi connectivity index (χ1v) is 22.6. The molecule has 3 N–H and O–H groups in total. The summed E-state index contributed by atoms with van der Waals surface area (Å²) in [7, 11) is 0. The third kappa shape index (κ3) is 8.95. The van der Waals surface area contributed by atoms with Crippen LogP contribution in [0.4, 0.5) is 21.6 Å². The molecular formula is C38H22Cl4N8O8S4. The van der Waals surface area contributed by atoms with Crippen LogP contribution in [-0.2, 0) is 32.9 Å². The molecule has 2 aliphatic heterocycles. The molecule has 314 valence electrons. The Bertz CT molecular complexity index is 2930. The number of nitrogens with one attached hydrogen (secondary N) is 2. The summed E-state index contributed by atoms with van der Waals surface area (Å²) in [6, 6.07) is 18.3. The molecule has 0 saturated heterocycles. The minimum absolute atomic E-state index is 0.0865. The van der Waals surface area contributed by atoms with Gasteiger partial charge < -0.3 is 9.84 Å². The topological polar surface area (TPSA) is 224 Å². The molecular weight excluding hydrogens is 967 g/mol. The van der Waals surface area contributed by atoms with Crippen molar-refractivity contribution >= 4 is 138 Å². The zero-order valence-corrected chi connectivity index (χ0v) is 37.0. The molecule has 2 aromatic heterocycles. The van der Waals surface area contributed by atoms with E-state index in [4.69, 9.17) is 56.1 Å². The van der Waals surface area contributed by atoms with Crippen LogP contribution in [0, 0.1) is 20.2 Å². The van der Waals surface area contributed by atoms with E-state index in [9.17, 15) is 34.9 Å². The van der Waals surface area contributed by atoms with Crippen LogP contribution in [-0.4, -0.2) is 48.3 Å². The SMILES string of the molecule is O=C(O)/C(Cc1ccccc1[N+](=O)[O-])=N\Nc1nc2c(s1)C(OC(=O)/C(Cc1ccccc1[N+](=O)[O-])=N/Nc1nc3c(s1)CSc1c-3ccc(Cl)c1Cl)Sc1cc(Cl)c(Cl)cc1-2. The van der Waals surface area contributed by atoms with Crippen molar-refractivity contribution in [2.45, 2.75) is 33.8 Å². The standard InChI is InChI=1S/C38H22Cl4N8O8S4/c39-20-10-9-18-30-28(15-59-32(18)29(20)42)61-37(43-30)47-46-24(12-17-6-2-4-8-26(17)50(56)57)35(53)58-36-33-31(19-13-21(40)22(41)14-27(19)60-36)44-38(62-33)48-45-23(34(51)52)11-16-5-1-3-7-25(16)49(54)55/h1-10,13-14,36H,11-12,15H2,(H,43,47)(H,44,48)(H,51,52)/b45-23-,46-24+. The molecule has 2 aliphatic rings. The van der Waals surface area contributed by atoms with E-state index in [1.807, 2.05) is 6.07 Å². The fraction of sp³-hybridized carbons (Fsp3) is 0.105. The molecule has 0 amide bonds. The predicted octanol–water partition coefficient (Wildman–Crippen LogP) is 11.4. The molecule has 1 unspecified atom stereocenters. The second-order valence-electron chi connectivity index (χ2n) is 12.9. The lowest BCUT2D eigenvalue weighted by Crippen LogP contribution is -2.23. The Morgan fingerprint density at radius 2 is 1.39 bits per heavy atom. The fourth-order valence-electron chi connectivity index (χ4n) is 6.25. The second-order valence-corrected chi connectivity index (χ2v) is 18.7. The van der Waals surface area contributed by atoms with Crippen molar-refractivity contribution in [2.24, 2.45) is 10.2 Å². The van der Waals surface area contributed by atoms with Crippen LogP contribution in [0.1, 0.15) is 26.3 Å². The van der Waals surface area contributed by atoms with Crippen molar-refractivity contribution in [1.82, 2.24) is 9.97 Å². The number of nitro benzene ring substituents is 2. The van der Waals surface area contributed by atoms with Gasteiger partial charge in [-0.25, -0.2) is 19.6 Å². The fourth-order valence-corrected chi connectivity index (χ4v) is 11.5. The Morgan fingerprint density at radius 1 is 0.790 bits per heavy atom. The van der Waals surface area contributed by atoms with Gasteiger partial charge in [-0.1, -0.05) is 123 Å². The van der Waals surface area contributed by atoms with E-state index in [0.717, 1.165) is 38.4 Å². The normalized spacial score (nSPS) is 14.2. The van der Waals surface area contributed by atoms with Gasteiger partial charge in [0.05, 0.1) is 46.2 Å². The van der Waals surface area contributed by atoms with Crippen LogP contribution in [0.2, 0.25) is 20.1 Å². The molecule has 8 rings (SSSR count). The molecule has 16 nitrogen and oxygen atoms in total. The van der Waals surface area contributed by atoms with Gasteiger partial charge in [-0.2, -0.15) is 10.2 Å². The van der Waals surface area contributed by atoms with E-state index in [1.54, 1.807) is 30.3 Å². The lowest BCUT2D eigenvalue weighted by atomic mass is 10.1. The van der Waals surface area contributed by atoms with Crippen molar-refractivity contribution < 1.29 is 29.3 Å². The summed E-state index contributed by atoms with van der Waals surface area (Å²) in [6.45, 7) is 0. The van der Waals surface area contributed by atoms with Gasteiger partial charge in [0.15, 0.2) is 11.1 Å². The maximum Gasteiger partial charge on any atom is 0.356 e. The number of thiazole rings is 2. The number of aliphatic carboxylic acids is 1. The number of halogens is 4. The average Bonchev–Trinajstić information content (AvgIpc) is 3.88. The summed E-state index contributed by atoms with van der Waals surface area (Å²) in [5.74, 6) is -1.82. The number of rotatable bonds is 13. The summed E-state index contributed by atoms with van der Waals surface area (Å²) >= 11 is 30.5. The maximum atomic E-state index is 14.3. The van der Waals surface area contributed by atoms with Gasteiger partial charge in [-0.05, 0) is 18.2 Å². The minimum Gasteiger partial charge on any atom is -0.477 e. The Hall–Kier alpha value is -5.32. The Kier molecular flexibility index (Phi) is 12.7. The molecule has 0 spiro atoms. The van der Waals surface area contributed by atoms with Gasteiger partial charge in [-0.15, -0.1) is 11.8 Å². The number of benzene rings is 4. The van der Waals surface area contributed by atoms with Gasteiger partial charge in [0.2, 0.25) is 10.3 Å². The van der Waals surface area contributed by atoms with Crippen molar-refractivity contribution in [3.05, 3.63) is 134 Å². The lowest BCUT2D eigenvalue weighted by Gasteiger charge is -2.24. The zero-order valence-electron chi connectivity index (χ0n) is 30.8. The quantitative estimate of drug-likeness (QED) is 0.0424. The van der Waals surface area contributed by atoms with Gasteiger partial charge in [0, 0.05) is 67.6 Å². The molecule has 4 aromatic carbocycles. The molecule has 62 heavy (non-hydrogen) atoms. The number of nitrogens with zero attached hydrogens (tertiary/aromatic N) is 6. The van der Waals surface area contributed by atoms with E-state index < -0.39 is 32.9 Å². The number of anilines is 2.